The molecule has 0 spiro atoms. The summed E-state index contributed by atoms with van der Waals surface area (Å²) in [6, 6.07) is 20.9. The molecule has 0 aliphatic carbocycles. The summed E-state index contributed by atoms with van der Waals surface area (Å²) < 4.78 is 11.2. The largest absolute Gasteiger partial charge is 0.457 e. The van der Waals surface area contributed by atoms with E-state index in [0.29, 0.717) is 32.7 Å². The Bertz CT molecular complexity index is 1150. The molecule has 1 aromatic heterocycles. The van der Waals surface area contributed by atoms with Crippen molar-refractivity contribution in [2.75, 3.05) is 5.32 Å². The van der Waals surface area contributed by atoms with Crippen LogP contribution in [-0.2, 0) is 0 Å². The molecule has 1 amide bonds. The Morgan fingerprint density at radius 3 is 2.34 bits per heavy atom. The monoisotopic (exact) mass is 425 g/mol. The number of amides is 1. The first-order valence-corrected chi connectivity index (χ1v) is 9.27. The Labute approximate surface area is 176 Å². The van der Waals surface area contributed by atoms with Crippen molar-refractivity contribution in [2.45, 2.75) is 0 Å². The Kier molecular flexibility index (Phi) is 5.46. The number of anilines is 1. The summed E-state index contributed by atoms with van der Waals surface area (Å²) in [5.41, 5.74) is 0.932. The van der Waals surface area contributed by atoms with Crippen LogP contribution in [0.25, 0.3) is 11.5 Å². The van der Waals surface area contributed by atoms with Gasteiger partial charge in [-0.3, -0.25) is 10.1 Å². The lowest BCUT2D eigenvalue weighted by Gasteiger charge is -2.06. The van der Waals surface area contributed by atoms with E-state index in [4.69, 9.17) is 32.4 Å². The third-order valence-corrected chi connectivity index (χ3v) is 4.45. The van der Waals surface area contributed by atoms with Gasteiger partial charge in [-0.2, -0.15) is 0 Å². The molecule has 0 fully saturated rings. The van der Waals surface area contributed by atoms with E-state index in [-0.39, 0.29) is 11.9 Å². The van der Waals surface area contributed by atoms with Crippen molar-refractivity contribution in [1.82, 2.24) is 10.2 Å². The summed E-state index contributed by atoms with van der Waals surface area (Å²) in [5.74, 6) is 1.11. The first-order valence-electron chi connectivity index (χ1n) is 8.52. The first-order chi connectivity index (χ1) is 14.1. The molecular formula is C21H13Cl2N3O3. The molecule has 3 aromatic carbocycles. The van der Waals surface area contributed by atoms with E-state index in [1.54, 1.807) is 42.5 Å². The summed E-state index contributed by atoms with van der Waals surface area (Å²) >= 11 is 12.0. The molecule has 0 saturated carbocycles. The Morgan fingerprint density at radius 1 is 0.897 bits per heavy atom. The number of carbonyl (C=O) groups is 1. The fraction of sp³-hybridized carbons (Fsp3) is 0. The maximum absolute atomic E-state index is 12.4. The number of carbonyl (C=O) groups excluding carboxylic acids is 1. The van der Waals surface area contributed by atoms with Crippen LogP contribution < -0.4 is 10.1 Å². The number of nitrogens with zero attached hydrogens (tertiary/aromatic N) is 2. The molecule has 144 valence electrons. The molecule has 0 bridgehead atoms. The van der Waals surface area contributed by atoms with Crippen LogP contribution in [0.5, 0.6) is 11.5 Å². The number of rotatable bonds is 5. The van der Waals surface area contributed by atoms with Crippen molar-refractivity contribution >= 4 is 35.1 Å². The molecular weight excluding hydrogens is 413 g/mol. The molecule has 4 aromatic rings. The summed E-state index contributed by atoms with van der Waals surface area (Å²) in [6.07, 6.45) is 0. The second-order valence-electron chi connectivity index (χ2n) is 5.93. The number of hydrogen-bond acceptors (Lipinski definition) is 5. The maximum Gasteiger partial charge on any atom is 0.322 e. The smallest absolute Gasteiger partial charge is 0.322 e. The van der Waals surface area contributed by atoms with Gasteiger partial charge in [-0.25, -0.2) is 0 Å². The standard InChI is InChI=1S/C21H13Cl2N3O3/c22-14-8-11-17(18(23)12-14)20-25-26-21(29-20)24-19(27)13-6-9-16(10-7-13)28-15-4-2-1-3-5-15/h1-12H,(H,24,26,27). The molecule has 29 heavy (non-hydrogen) atoms. The molecule has 0 aliphatic heterocycles. The molecule has 6 nitrogen and oxygen atoms in total. The second kappa shape index (κ2) is 8.34. The van der Waals surface area contributed by atoms with Gasteiger partial charge in [0.15, 0.2) is 0 Å². The van der Waals surface area contributed by atoms with Crippen LogP contribution in [0.2, 0.25) is 10.0 Å². The zero-order valence-corrected chi connectivity index (χ0v) is 16.3. The van der Waals surface area contributed by atoms with E-state index < -0.39 is 5.91 Å². The van der Waals surface area contributed by atoms with Crippen LogP contribution in [-0.4, -0.2) is 16.1 Å². The summed E-state index contributed by atoms with van der Waals surface area (Å²) in [4.78, 5) is 12.4. The van der Waals surface area contributed by atoms with E-state index >= 15 is 0 Å². The predicted molar refractivity (Wildman–Crippen MR) is 111 cm³/mol. The summed E-state index contributed by atoms with van der Waals surface area (Å²) in [7, 11) is 0. The van der Waals surface area contributed by atoms with Crippen LogP contribution in [0.3, 0.4) is 0 Å². The quantitative estimate of drug-likeness (QED) is 0.418. The normalized spacial score (nSPS) is 10.6. The van der Waals surface area contributed by atoms with Crippen molar-refractivity contribution in [3.05, 3.63) is 88.4 Å². The van der Waals surface area contributed by atoms with Gasteiger partial charge in [0.2, 0.25) is 0 Å². The number of halogens is 2. The van der Waals surface area contributed by atoms with Crippen LogP contribution in [0, 0.1) is 0 Å². The second-order valence-corrected chi connectivity index (χ2v) is 6.77. The molecule has 0 atom stereocenters. The number of ether oxygens (including phenoxy) is 1. The topological polar surface area (TPSA) is 77.3 Å². The maximum atomic E-state index is 12.4. The Hall–Kier alpha value is -3.35. The van der Waals surface area contributed by atoms with Crippen molar-refractivity contribution < 1.29 is 13.9 Å². The predicted octanol–water partition coefficient (Wildman–Crippen LogP) is 6.09. The van der Waals surface area contributed by atoms with Gasteiger partial charge in [0.25, 0.3) is 11.8 Å². The van der Waals surface area contributed by atoms with Gasteiger partial charge in [-0.05, 0) is 54.6 Å². The van der Waals surface area contributed by atoms with Crippen LogP contribution in [0.15, 0.2) is 77.2 Å². The van der Waals surface area contributed by atoms with Crippen LogP contribution >= 0.6 is 23.2 Å². The Morgan fingerprint density at radius 2 is 1.62 bits per heavy atom. The highest BCUT2D eigenvalue weighted by molar-refractivity contribution is 6.36. The van der Waals surface area contributed by atoms with E-state index in [2.05, 4.69) is 15.5 Å². The SMILES string of the molecule is O=C(Nc1nnc(-c2ccc(Cl)cc2Cl)o1)c1ccc(Oc2ccccc2)cc1. The van der Waals surface area contributed by atoms with Gasteiger partial charge in [0, 0.05) is 10.6 Å². The van der Waals surface area contributed by atoms with Gasteiger partial charge >= 0.3 is 6.01 Å². The third-order valence-electron chi connectivity index (χ3n) is 3.90. The molecule has 4 rings (SSSR count). The van der Waals surface area contributed by atoms with Gasteiger partial charge < -0.3 is 9.15 Å². The van der Waals surface area contributed by atoms with Crippen LogP contribution in [0.1, 0.15) is 10.4 Å². The highest BCUT2D eigenvalue weighted by atomic mass is 35.5. The molecule has 0 saturated heterocycles. The Balaban J connectivity index is 1.44. The number of aromatic nitrogens is 2. The first kappa shape index (κ1) is 19.0. The average molecular weight is 426 g/mol. The lowest BCUT2D eigenvalue weighted by Crippen LogP contribution is -2.11. The molecule has 1 N–H and O–H groups in total. The van der Waals surface area contributed by atoms with E-state index in [9.17, 15) is 4.79 Å². The lowest BCUT2D eigenvalue weighted by atomic mass is 10.2. The summed E-state index contributed by atoms with van der Waals surface area (Å²) in [5, 5.41) is 11.2. The minimum atomic E-state index is -0.395. The fourth-order valence-corrected chi connectivity index (χ4v) is 3.00. The number of nitrogens with one attached hydrogen (secondary N) is 1. The van der Waals surface area contributed by atoms with Crippen molar-refractivity contribution in [1.29, 1.82) is 0 Å². The minimum Gasteiger partial charge on any atom is -0.457 e. The number of hydrogen-bond donors (Lipinski definition) is 1. The highest BCUT2D eigenvalue weighted by Gasteiger charge is 2.15. The zero-order chi connectivity index (χ0) is 20.2. The van der Waals surface area contributed by atoms with E-state index in [0.717, 1.165) is 0 Å². The number of para-hydroxylation sites is 1. The van der Waals surface area contributed by atoms with E-state index in [1.807, 2.05) is 30.3 Å². The van der Waals surface area contributed by atoms with Crippen molar-refractivity contribution in [2.24, 2.45) is 0 Å². The molecule has 0 unspecified atom stereocenters. The molecule has 1 heterocycles. The highest BCUT2D eigenvalue weighted by Crippen LogP contribution is 2.30. The lowest BCUT2D eigenvalue weighted by molar-refractivity contribution is 0.102. The van der Waals surface area contributed by atoms with Gasteiger partial charge in [-0.15, -0.1) is 5.10 Å². The number of benzene rings is 3. The van der Waals surface area contributed by atoms with Crippen molar-refractivity contribution in [3.8, 4) is 23.0 Å². The fourth-order valence-electron chi connectivity index (χ4n) is 2.51. The minimum absolute atomic E-state index is 0.0411. The van der Waals surface area contributed by atoms with Gasteiger partial charge in [0.05, 0.1) is 10.6 Å². The van der Waals surface area contributed by atoms with Gasteiger partial charge in [0.1, 0.15) is 11.5 Å². The van der Waals surface area contributed by atoms with E-state index in [1.165, 1.54) is 0 Å². The van der Waals surface area contributed by atoms with Gasteiger partial charge in [-0.1, -0.05) is 46.5 Å². The average Bonchev–Trinajstić information content (AvgIpc) is 3.17. The molecule has 0 aliphatic rings. The third kappa shape index (κ3) is 4.56. The van der Waals surface area contributed by atoms with Crippen LogP contribution in [0.4, 0.5) is 6.01 Å². The molecule has 0 radical (unpaired) electrons. The van der Waals surface area contributed by atoms with Crippen molar-refractivity contribution in [3.63, 3.8) is 0 Å². The molecule has 8 heteroatoms. The summed E-state index contributed by atoms with van der Waals surface area (Å²) in [6.45, 7) is 0. The zero-order valence-electron chi connectivity index (χ0n) is 14.8.